The summed E-state index contributed by atoms with van der Waals surface area (Å²) in [7, 11) is 1.84. The molecule has 1 aromatic carbocycles. The zero-order valence-corrected chi connectivity index (χ0v) is 18.3. The maximum atomic E-state index is 13.0. The Balaban J connectivity index is 1.40. The van der Waals surface area contributed by atoms with Crippen molar-refractivity contribution in [3.05, 3.63) is 46.2 Å². The average molecular weight is 429 g/mol. The SMILES string of the molecule is CC(c1ccc2c(c1)OCCO2)N(C)C(=O)CCC1(Cc2cccs2)CCC(=O)N1. The maximum absolute atomic E-state index is 13.0. The van der Waals surface area contributed by atoms with Gasteiger partial charge in [-0.25, -0.2) is 0 Å². The molecule has 2 unspecified atom stereocenters. The number of hydrogen-bond acceptors (Lipinski definition) is 5. The van der Waals surface area contributed by atoms with Crippen LogP contribution in [0.5, 0.6) is 11.5 Å². The molecule has 30 heavy (non-hydrogen) atoms. The Hall–Kier alpha value is -2.54. The number of hydrogen-bond donors (Lipinski definition) is 1. The summed E-state index contributed by atoms with van der Waals surface area (Å²) in [6.07, 6.45) is 3.14. The Kier molecular flexibility index (Phi) is 5.99. The second-order valence-corrected chi connectivity index (χ2v) is 9.20. The number of benzene rings is 1. The van der Waals surface area contributed by atoms with Crippen LogP contribution in [0.15, 0.2) is 35.7 Å². The van der Waals surface area contributed by atoms with E-state index in [-0.39, 0.29) is 23.4 Å². The van der Waals surface area contributed by atoms with Gasteiger partial charge in [0, 0.05) is 36.7 Å². The first kappa shape index (κ1) is 20.7. The Labute approximate surface area is 181 Å². The molecule has 4 rings (SSSR count). The zero-order valence-electron chi connectivity index (χ0n) is 17.5. The highest BCUT2D eigenvalue weighted by Crippen LogP contribution is 2.35. The van der Waals surface area contributed by atoms with Crippen molar-refractivity contribution in [2.24, 2.45) is 0 Å². The predicted molar refractivity (Wildman–Crippen MR) is 116 cm³/mol. The summed E-state index contributed by atoms with van der Waals surface area (Å²) in [6, 6.07) is 9.88. The second-order valence-electron chi connectivity index (χ2n) is 8.17. The van der Waals surface area contributed by atoms with Gasteiger partial charge in [0.25, 0.3) is 0 Å². The summed E-state index contributed by atoms with van der Waals surface area (Å²) in [5.74, 6) is 1.63. The molecule has 0 spiro atoms. The van der Waals surface area contributed by atoms with Crippen LogP contribution in [0.3, 0.4) is 0 Å². The van der Waals surface area contributed by atoms with E-state index in [1.165, 1.54) is 4.88 Å². The number of amides is 2. The van der Waals surface area contributed by atoms with Crippen LogP contribution in [0.4, 0.5) is 0 Å². The smallest absolute Gasteiger partial charge is 0.222 e. The predicted octanol–water partition coefficient (Wildman–Crippen LogP) is 3.71. The molecule has 2 atom stereocenters. The monoisotopic (exact) mass is 428 g/mol. The van der Waals surface area contributed by atoms with Crippen molar-refractivity contribution in [3.8, 4) is 11.5 Å². The molecular weight excluding hydrogens is 400 g/mol. The van der Waals surface area contributed by atoms with Crippen molar-refractivity contribution in [1.82, 2.24) is 10.2 Å². The van der Waals surface area contributed by atoms with E-state index in [1.807, 2.05) is 43.6 Å². The Morgan fingerprint density at radius 1 is 1.27 bits per heavy atom. The van der Waals surface area contributed by atoms with Gasteiger partial charge in [0.2, 0.25) is 11.8 Å². The molecule has 7 heteroatoms. The van der Waals surface area contributed by atoms with Crippen molar-refractivity contribution in [1.29, 1.82) is 0 Å². The highest BCUT2D eigenvalue weighted by Gasteiger charge is 2.38. The van der Waals surface area contributed by atoms with E-state index < -0.39 is 0 Å². The first-order valence-electron chi connectivity index (χ1n) is 10.4. The number of fused-ring (bicyclic) bond motifs is 1. The molecule has 2 aromatic rings. The average Bonchev–Trinajstić information content (AvgIpc) is 3.40. The number of carbonyl (C=O) groups excluding carboxylic acids is 2. The van der Waals surface area contributed by atoms with Crippen molar-refractivity contribution in [2.75, 3.05) is 20.3 Å². The fourth-order valence-electron chi connectivity index (χ4n) is 4.21. The maximum Gasteiger partial charge on any atom is 0.222 e. The normalized spacial score (nSPS) is 21.2. The van der Waals surface area contributed by atoms with Gasteiger partial charge in [-0.2, -0.15) is 0 Å². The molecule has 0 radical (unpaired) electrons. The van der Waals surface area contributed by atoms with E-state index >= 15 is 0 Å². The molecule has 0 saturated carbocycles. The second kappa shape index (κ2) is 8.68. The largest absolute Gasteiger partial charge is 0.486 e. The third-order valence-corrected chi connectivity index (χ3v) is 7.04. The van der Waals surface area contributed by atoms with Gasteiger partial charge >= 0.3 is 0 Å². The molecule has 1 saturated heterocycles. The number of nitrogens with one attached hydrogen (secondary N) is 1. The van der Waals surface area contributed by atoms with Gasteiger partial charge in [-0.05, 0) is 48.9 Å². The molecule has 0 aliphatic carbocycles. The highest BCUT2D eigenvalue weighted by molar-refractivity contribution is 7.09. The molecule has 2 amide bonds. The lowest BCUT2D eigenvalue weighted by Crippen LogP contribution is -2.44. The number of carbonyl (C=O) groups is 2. The molecule has 1 fully saturated rings. The van der Waals surface area contributed by atoms with Crippen LogP contribution >= 0.6 is 11.3 Å². The van der Waals surface area contributed by atoms with Crippen LogP contribution in [0.2, 0.25) is 0 Å². The molecule has 2 aliphatic heterocycles. The topological polar surface area (TPSA) is 67.9 Å². The van der Waals surface area contributed by atoms with E-state index in [2.05, 4.69) is 11.4 Å². The van der Waals surface area contributed by atoms with Crippen LogP contribution in [0.1, 0.15) is 49.1 Å². The lowest BCUT2D eigenvalue weighted by Gasteiger charge is -2.31. The van der Waals surface area contributed by atoms with Crippen molar-refractivity contribution >= 4 is 23.2 Å². The van der Waals surface area contributed by atoms with Gasteiger partial charge in [-0.3, -0.25) is 9.59 Å². The van der Waals surface area contributed by atoms with E-state index in [0.717, 1.165) is 29.9 Å². The fourth-order valence-corrected chi connectivity index (χ4v) is 5.06. The quantitative estimate of drug-likeness (QED) is 0.730. The van der Waals surface area contributed by atoms with E-state index in [4.69, 9.17) is 9.47 Å². The lowest BCUT2D eigenvalue weighted by atomic mass is 9.87. The fraction of sp³-hybridized carbons (Fsp3) is 0.478. The number of nitrogens with zero attached hydrogens (tertiary/aromatic N) is 1. The first-order valence-corrected chi connectivity index (χ1v) is 11.3. The van der Waals surface area contributed by atoms with Crippen LogP contribution in [0, 0.1) is 0 Å². The molecule has 6 nitrogen and oxygen atoms in total. The van der Waals surface area contributed by atoms with Crippen LogP contribution in [-0.4, -0.2) is 42.5 Å². The minimum absolute atomic E-state index is 0.0732. The molecule has 1 aromatic heterocycles. The van der Waals surface area contributed by atoms with Crippen LogP contribution < -0.4 is 14.8 Å². The summed E-state index contributed by atoms with van der Waals surface area (Å²) in [5, 5.41) is 5.21. The van der Waals surface area contributed by atoms with Gasteiger partial charge in [0.05, 0.1) is 6.04 Å². The lowest BCUT2D eigenvalue weighted by molar-refractivity contribution is -0.132. The summed E-state index contributed by atoms with van der Waals surface area (Å²) >= 11 is 1.69. The number of ether oxygens (including phenoxy) is 2. The van der Waals surface area contributed by atoms with E-state index in [9.17, 15) is 9.59 Å². The van der Waals surface area contributed by atoms with Gasteiger partial charge in [0.1, 0.15) is 13.2 Å². The van der Waals surface area contributed by atoms with Gasteiger partial charge in [-0.15, -0.1) is 11.3 Å². The molecule has 3 heterocycles. The van der Waals surface area contributed by atoms with Crippen molar-refractivity contribution in [2.45, 2.75) is 50.6 Å². The molecular formula is C23H28N2O4S. The Morgan fingerprint density at radius 2 is 2.07 bits per heavy atom. The Bertz CT molecular complexity index is 914. The third-order valence-electron chi connectivity index (χ3n) is 6.17. The zero-order chi connectivity index (χ0) is 21.1. The van der Waals surface area contributed by atoms with Gasteiger partial charge in [0.15, 0.2) is 11.5 Å². The van der Waals surface area contributed by atoms with Crippen molar-refractivity contribution < 1.29 is 19.1 Å². The Morgan fingerprint density at radius 3 is 2.77 bits per heavy atom. The van der Waals surface area contributed by atoms with E-state index in [0.29, 0.717) is 32.5 Å². The highest BCUT2D eigenvalue weighted by atomic mass is 32.1. The first-order chi connectivity index (χ1) is 14.5. The van der Waals surface area contributed by atoms with Gasteiger partial charge < -0.3 is 19.7 Å². The third kappa shape index (κ3) is 4.46. The summed E-state index contributed by atoms with van der Waals surface area (Å²) in [4.78, 5) is 28.0. The molecule has 1 N–H and O–H groups in total. The van der Waals surface area contributed by atoms with Gasteiger partial charge in [-0.1, -0.05) is 12.1 Å². The minimum atomic E-state index is -0.321. The molecule has 0 bridgehead atoms. The van der Waals surface area contributed by atoms with Crippen LogP contribution in [0.25, 0.3) is 0 Å². The van der Waals surface area contributed by atoms with Crippen LogP contribution in [-0.2, 0) is 16.0 Å². The summed E-state index contributed by atoms with van der Waals surface area (Å²) < 4.78 is 11.3. The number of rotatable bonds is 7. The number of thiophene rings is 1. The molecule has 160 valence electrons. The minimum Gasteiger partial charge on any atom is -0.486 e. The van der Waals surface area contributed by atoms with E-state index in [1.54, 1.807) is 16.2 Å². The summed E-state index contributed by atoms with van der Waals surface area (Å²) in [6.45, 7) is 3.11. The van der Waals surface area contributed by atoms with Crippen molar-refractivity contribution in [3.63, 3.8) is 0 Å². The molecule has 2 aliphatic rings. The summed E-state index contributed by atoms with van der Waals surface area (Å²) in [5.41, 5.74) is 0.691. The standard InChI is InChI=1S/C23H28N2O4S/c1-16(17-5-6-19-20(14-17)29-12-11-28-19)25(2)22(27)8-10-23(9-7-21(26)24-23)15-18-4-3-13-30-18/h3-6,13-14,16H,7-12,15H2,1-2H3,(H,24,26).